The second-order valence-electron chi connectivity index (χ2n) is 4.74. The molecule has 0 spiro atoms. The van der Waals surface area contributed by atoms with E-state index in [1.54, 1.807) is 0 Å². The van der Waals surface area contributed by atoms with Crippen molar-refractivity contribution < 1.29 is 8.42 Å². The second-order valence-corrected chi connectivity index (χ2v) is 8.40. The first-order chi connectivity index (χ1) is 9.43. The maximum absolute atomic E-state index is 9.16. The maximum Gasteiger partial charge on any atom is 0.317 e. The van der Waals surface area contributed by atoms with E-state index >= 15 is 0 Å². The first kappa shape index (κ1) is 19.8. The van der Waals surface area contributed by atoms with Gasteiger partial charge >= 0.3 is 8.26 Å². The predicted octanol–water partition coefficient (Wildman–Crippen LogP) is 5.69. The third-order valence-electron chi connectivity index (χ3n) is 2.91. The van der Waals surface area contributed by atoms with Crippen LogP contribution in [-0.4, -0.2) is 8.42 Å². The Balaban J connectivity index is 0.000000621. The fraction of sp³-hybridized carbons (Fsp3) is 0.600. The summed E-state index contributed by atoms with van der Waals surface area (Å²) >= 11 is 0. The van der Waals surface area contributed by atoms with Gasteiger partial charge in [-0.15, -0.1) is 0 Å². The van der Waals surface area contributed by atoms with Crippen molar-refractivity contribution in [3.63, 3.8) is 0 Å². The largest absolute Gasteiger partial charge is 0.317 e. The standard InChI is InChI=1S/C15H24.Cl2O2S/c1-2-3-4-5-6-7-9-12-15-13-10-8-11-14-15;1-5(2,3)4/h8,10-11,13-14H,2-7,9,12H2,1H3;. The highest BCUT2D eigenvalue weighted by Crippen LogP contribution is 2.10. The molecule has 0 saturated heterocycles. The minimum atomic E-state index is -3.72. The number of hydrogen-bond acceptors (Lipinski definition) is 2. The van der Waals surface area contributed by atoms with E-state index in [1.165, 1.54) is 56.9 Å². The Morgan fingerprint density at radius 3 is 1.80 bits per heavy atom. The molecular formula is C15H24Cl2O2S. The molecule has 0 fully saturated rings. The Bertz CT molecular complexity index is 411. The quantitative estimate of drug-likeness (QED) is 0.450. The van der Waals surface area contributed by atoms with Crippen molar-refractivity contribution >= 4 is 29.6 Å². The minimum Gasteiger partial charge on any atom is -0.195 e. The van der Waals surface area contributed by atoms with Crippen molar-refractivity contribution in [2.45, 2.75) is 58.3 Å². The van der Waals surface area contributed by atoms with E-state index in [4.69, 9.17) is 8.42 Å². The molecule has 0 N–H and O–H groups in total. The van der Waals surface area contributed by atoms with Gasteiger partial charge in [-0.2, -0.15) is 8.42 Å². The molecule has 0 aliphatic rings. The number of rotatable bonds is 8. The van der Waals surface area contributed by atoms with Gasteiger partial charge in [0.25, 0.3) is 0 Å². The summed E-state index contributed by atoms with van der Waals surface area (Å²) in [6.07, 6.45) is 11.1. The van der Waals surface area contributed by atoms with Gasteiger partial charge in [-0.05, 0) is 18.4 Å². The fourth-order valence-electron chi connectivity index (χ4n) is 1.93. The highest BCUT2D eigenvalue weighted by molar-refractivity contribution is 8.31. The molecule has 0 aliphatic heterocycles. The van der Waals surface area contributed by atoms with Crippen LogP contribution in [0, 0.1) is 0 Å². The average molecular weight is 339 g/mol. The van der Waals surface area contributed by atoms with Gasteiger partial charge in [-0.1, -0.05) is 75.8 Å². The zero-order valence-electron chi connectivity index (χ0n) is 12.0. The minimum absolute atomic E-state index is 1.26. The maximum atomic E-state index is 9.16. The van der Waals surface area contributed by atoms with Crippen molar-refractivity contribution in [3.8, 4) is 0 Å². The van der Waals surface area contributed by atoms with Crippen LogP contribution in [0.4, 0.5) is 0 Å². The molecule has 2 nitrogen and oxygen atoms in total. The van der Waals surface area contributed by atoms with Gasteiger partial charge in [-0.25, -0.2) is 0 Å². The van der Waals surface area contributed by atoms with Crippen LogP contribution in [0.2, 0.25) is 0 Å². The fourth-order valence-corrected chi connectivity index (χ4v) is 1.93. The molecule has 0 bridgehead atoms. The van der Waals surface area contributed by atoms with Crippen LogP contribution < -0.4 is 0 Å². The lowest BCUT2D eigenvalue weighted by atomic mass is 10.0. The highest BCUT2D eigenvalue weighted by atomic mass is 36.0. The number of unbranched alkanes of at least 4 members (excludes halogenated alkanes) is 6. The summed E-state index contributed by atoms with van der Waals surface area (Å²) in [5.41, 5.74) is 1.49. The summed E-state index contributed by atoms with van der Waals surface area (Å²) in [5, 5.41) is 0. The summed E-state index contributed by atoms with van der Waals surface area (Å²) in [6, 6.07) is 10.8. The van der Waals surface area contributed by atoms with E-state index in [0.717, 1.165) is 0 Å². The number of hydrogen-bond donors (Lipinski definition) is 0. The normalized spacial score (nSPS) is 10.8. The Morgan fingerprint density at radius 1 is 0.850 bits per heavy atom. The van der Waals surface area contributed by atoms with Crippen molar-refractivity contribution in [1.82, 2.24) is 0 Å². The van der Waals surface area contributed by atoms with E-state index in [2.05, 4.69) is 58.6 Å². The van der Waals surface area contributed by atoms with E-state index in [1.807, 2.05) is 0 Å². The first-order valence-corrected chi connectivity index (χ1v) is 10.2. The zero-order chi connectivity index (χ0) is 15.3. The van der Waals surface area contributed by atoms with Gasteiger partial charge < -0.3 is 0 Å². The van der Waals surface area contributed by atoms with Crippen LogP contribution in [0.25, 0.3) is 0 Å². The molecule has 0 heterocycles. The molecule has 1 aromatic carbocycles. The van der Waals surface area contributed by atoms with E-state index in [9.17, 15) is 0 Å². The summed E-state index contributed by atoms with van der Waals surface area (Å²) < 4.78 is 18.3. The SMILES string of the molecule is CCCCCCCCCc1ccccc1.O=S(=O)(Cl)Cl. The Hall–Kier alpha value is -0.250. The lowest BCUT2D eigenvalue weighted by Gasteiger charge is -2.01. The third-order valence-corrected chi connectivity index (χ3v) is 2.91. The predicted molar refractivity (Wildman–Crippen MR) is 88.8 cm³/mol. The van der Waals surface area contributed by atoms with Crippen molar-refractivity contribution in [2.75, 3.05) is 0 Å². The molecule has 1 rings (SSSR count). The molecule has 0 saturated carbocycles. The lowest BCUT2D eigenvalue weighted by Crippen LogP contribution is -1.85. The molecular weight excluding hydrogens is 315 g/mol. The molecule has 0 aliphatic carbocycles. The van der Waals surface area contributed by atoms with Gasteiger partial charge in [-0.3, -0.25) is 0 Å². The van der Waals surface area contributed by atoms with Gasteiger partial charge in [0.15, 0.2) is 0 Å². The Morgan fingerprint density at radius 2 is 1.30 bits per heavy atom. The molecule has 5 heteroatoms. The van der Waals surface area contributed by atoms with Crippen molar-refractivity contribution in [3.05, 3.63) is 35.9 Å². The molecule has 116 valence electrons. The number of aryl methyl sites for hydroxylation is 1. The number of halogens is 2. The zero-order valence-corrected chi connectivity index (χ0v) is 14.4. The van der Waals surface area contributed by atoms with E-state index in [0.29, 0.717) is 0 Å². The van der Waals surface area contributed by atoms with Crippen LogP contribution in [0.1, 0.15) is 57.4 Å². The molecule has 0 aromatic heterocycles. The molecule has 0 atom stereocenters. The second kappa shape index (κ2) is 12.5. The van der Waals surface area contributed by atoms with Gasteiger partial charge in [0, 0.05) is 21.4 Å². The molecule has 20 heavy (non-hydrogen) atoms. The molecule has 1 aromatic rings. The molecule has 0 radical (unpaired) electrons. The van der Waals surface area contributed by atoms with Crippen molar-refractivity contribution in [1.29, 1.82) is 0 Å². The smallest absolute Gasteiger partial charge is 0.195 e. The van der Waals surface area contributed by atoms with Gasteiger partial charge in [0.2, 0.25) is 0 Å². The van der Waals surface area contributed by atoms with E-state index < -0.39 is 8.26 Å². The summed E-state index contributed by atoms with van der Waals surface area (Å²) in [6.45, 7) is 2.27. The van der Waals surface area contributed by atoms with Crippen LogP contribution in [0.15, 0.2) is 30.3 Å². The Labute approximate surface area is 132 Å². The van der Waals surface area contributed by atoms with Crippen LogP contribution in [-0.2, 0) is 14.7 Å². The highest BCUT2D eigenvalue weighted by Gasteiger charge is 1.93. The number of benzene rings is 1. The summed E-state index contributed by atoms with van der Waals surface area (Å²) in [7, 11) is 4.81. The van der Waals surface area contributed by atoms with Gasteiger partial charge in [0.1, 0.15) is 0 Å². The monoisotopic (exact) mass is 338 g/mol. The summed E-state index contributed by atoms with van der Waals surface area (Å²) in [4.78, 5) is 0. The van der Waals surface area contributed by atoms with E-state index in [-0.39, 0.29) is 0 Å². The first-order valence-electron chi connectivity index (χ1n) is 7.11. The average Bonchev–Trinajstić information content (AvgIpc) is 2.37. The topological polar surface area (TPSA) is 34.1 Å². The lowest BCUT2D eigenvalue weighted by molar-refractivity contribution is 0.589. The molecule has 0 amide bonds. The van der Waals surface area contributed by atoms with Gasteiger partial charge in [0.05, 0.1) is 0 Å². The van der Waals surface area contributed by atoms with Crippen LogP contribution in [0.3, 0.4) is 0 Å². The van der Waals surface area contributed by atoms with Crippen LogP contribution in [0.5, 0.6) is 0 Å². The van der Waals surface area contributed by atoms with Crippen molar-refractivity contribution in [2.24, 2.45) is 0 Å². The summed E-state index contributed by atoms with van der Waals surface area (Å²) in [5.74, 6) is 0. The Kier molecular flexibility index (Phi) is 12.3. The molecule has 0 unspecified atom stereocenters. The third kappa shape index (κ3) is 17.8. The van der Waals surface area contributed by atoms with Crippen LogP contribution >= 0.6 is 21.4 Å².